The molecule has 1 aliphatic heterocycles. The van der Waals surface area contributed by atoms with Crippen molar-refractivity contribution in [2.75, 3.05) is 17.8 Å². The topological polar surface area (TPSA) is 29.5 Å². The van der Waals surface area contributed by atoms with E-state index in [1.54, 1.807) is 35.9 Å². The van der Waals surface area contributed by atoms with Crippen LogP contribution in [0.2, 0.25) is 0 Å². The van der Waals surface area contributed by atoms with E-state index in [0.717, 1.165) is 17.0 Å². The number of methoxy groups -OCH3 is 1. The number of ether oxygens (including phenoxy) is 1. The molecule has 5 heteroatoms. The van der Waals surface area contributed by atoms with Crippen LogP contribution < -0.4 is 9.64 Å². The van der Waals surface area contributed by atoms with Crippen molar-refractivity contribution in [3.05, 3.63) is 59.9 Å². The fourth-order valence-electron chi connectivity index (χ4n) is 2.32. The highest BCUT2D eigenvalue weighted by atomic mass is 32.2. The Hall–Kier alpha value is -2.01. The molecule has 2 aromatic carbocycles. The van der Waals surface area contributed by atoms with Gasteiger partial charge in [-0.1, -0.05) is 12.1 Å². The number of benzene rings is 2. The van der Waals surface area contributed by atoms with Crippen LogP contribution in [0.4, 0.5) is 10.1 Å². The van der Waals surface area contributed by atoms with Crippen molar-refractivity contribution in [2.45, 2.75) is 5.37 Å². The number of amides is 1. The van der Waals surface area contributed by atoms with Crippen molar-refractivity contribution in [1.82, 2.24) is 0 Å². The number of hydrogen-bond donors (Lipinski definition) is 0. The second-order valence-electron chi connectivity index (χ2n) is 4.68. The van der Waals surface area contributed by atoms with Crippen molar-refractivity contribution in [1.29, 1.82) is 0 Å². The molecule has 0 saturated carbocycles. The molecule has 0 aromatic heterocycles. The molecule has 3 nitrogen and oxygen atoms in total. The first-order chi connectivity index (χ1) is 10.2. The Balaban J connectivity index is 1.93. The number of carbonyl (C=O) groups is 1. The Morgan fingerprint density at radius 2 is 1.81 bits per heavy atom. The highest BCUT2D eigenvalue weighted by Gasteiger charge is 2.33. The number of halogens is 1. The Morgan fingerprint density at radius 1 is 1.14 bits per heavy atom. The zero-order valence-corrected chi connectivity index (χ0v) is 12.3. The minimum atomic E-state index is -0.274. The van der Waals surface area contributed by atoms with Crippen LogP contribution in [0.25, 0.3) is 0 Å². The number of nitrogens with zero attached hydrogens (tertiary/aromatic N) is 1. The minimum Gasteiger partial charge on any atom is -0.497 e. The van der Waals surface area contributed by atoms with E-state index >= 15 is 0 Å². The predicted molar refractivity (Wildman–Crippen MR) is 82.1 cm³/mol. The van der Waals surface area contributed by atoms with Crippen LogP contribution in [0.15, 0.2) is 48.5 Å². The lowest BCUT2D eigenvalue weighted by Crippen LogP contribution is -2.27. The summed E-state index contributed by atoms with van der Waals surface area (Å²) in [7, 11) is 1.60. The van der Waals surface area contributed by atoms with Crippen molar-refractivity contribution >= 4 is 23.4 Å². The summed E-state index contributed by atoms with van der Waals surface area (Å²) in [4.78, 5) is 13.9. The van der Waals surface area contributed by atoms with Gasteiger partial charge in [-0.3, -0.25) is 9.69 Å². The van der Waals surface area contributed by atoms with Crippen LogP contribution in [0.3, 0.4) is 0 Å². The molecule has 2 aromatic rings. The molecule has 1 amide bonds. The quantitative estimate of drug-likeness (QED) is 0.867. The monoisotopic (exact) mass is 303 g/mol. The van der Waals surface area contributed by atoms with Gasteiger partial charge in [0.1, 0.15) is 16.9 Å². The van der Waals surface area contributed by atoms with Gasteiger partial charge in [0.25, 0.3) is 0 Å². The molecule has 1 heterocycles. The van der Waals surface area contributed by atoms with Gasteiger partial charge in [-0.2, -0.15) is 0 Å². The standard InChI is InChI=1S/C16H14FNO2S/c1-20-14-8-6-13(7-9-14)18-15(19)10-21-16(18)11-2-4-12(17)5-3-11/h2-9,16H,10H2,1H3. The molecule has 1 aliphatic rings. The highest BCUT2D eigenvalue weighted by molar-refractivity contribution is 8.00. The molecular weight excluding hydrogens is 289 g/mol. The minimum absolute atomic E-state index is 0.0551. The third kappa shape index (κ3) is 2.74. The number of hydrogen-bond acceptors (Lipinski definition) is 3. The van der Waals surface area contributed by atoms with Gasteiger partial charge in [0.15, 0.2) is 0 Å². The maximum Gasteiger partial charge on any atom is 0.238 e. The normalized spacial score (nSPS) is 18.1. The molecular formula is C16H14FNO2S. The molecule has 108 valence electrons. The van der Waals surface area contributed by atoms with E-state index in [2.05, 4.69) is 0 Å². The zero-order chi connectivity index (χ0) is 14.8. The van der Waals surface area contributed by atoms with Gasteiger partial charge < -0.3 is 4.74 Å². The van der Waals surface area contributed by atoms with Gasteiger partial charge in [-0.05, 0) is 42.0 Å². The molecule has 21 heavy (non-hydrogen) atoms. The fourth-order valence-corrected chi connectivity index (χ4v) is 3.50. The van der Waals surface area contributed by atoms with Gasteiger partial charge in [-0.15, -0.1) is 11.8 Å². The number of anilines is 1. The molecule has 0 radical (unpaired) electrons. The third-order valence-electron chi connectivity index (χ3n) is 3.37. The average Bonchev–Trinajstić information content (AvgIpc) is 2.90. The molecule has 1 atom stereocenters. The van der Waals surface area contributed by atoms with Crippen LogP contribution >= 0.6 is 11.8 Å². The van der Waals surface area contributed by atoms with Crippen LogP contribution in [-0.4, -0.2) is 18.8 Å². The van der Waals surface area contributed by atoms with E-state index in [4.69, 9.17) is 4.74 Å². The van der Waals surface area contributed by atoms with Crippen LogP contribution in [-0.2, 0) is 4.79 Å². The third-order valence-corrected chi connectivity index (χ3v) is 4.59. The Morgan fingerprint density at radius 3 is 2.43 bits per heavy atom. The SMILES string of the molecule is COc1ccc(N2C(=O)CSC2c2ccc(F)cc2)cc1. The van der Waals surface area contributed by atoms with Crippen molar-refractivity contribution in [3.63, 3.8) is 0 Å². The second-order valence-corrected chi connectivity index (χ2v) is 5.75. The van der Waals surface area contributed by atoms with Crippen LogP contribution in [0.5, 0.6) is 5.75 Å². The Bertz CT molecular complexity index is 642. The van der Waals surface area contributed by atoms with E-state index in [1.807, 2.05) is 24.3 Å². The number of carbonyl (C=O) groups excluding carboxylic acids is 1. The highest BCUT2D eigenvalue weighted by Crippen LogP contribution is 2.41. The van der Waals surface area contributed by atoms with Gasteiger partial charge in [0.05, 0.1) is 12.9 Å². The van der Waals surface area contributed by atoms with Gasteiger partial charge in [0, 0.05) is 5.69 Å². The second kappa shape index (κ2) is 5.77. The summed E-state index contributed by atoms with van der Waals surface area (Å²) < 4.78 is 18.2. The van der Waals surface area contributed by atoms with E-state index in [0.29, 0.717) is 5.75 Å². The van der Waals surface area contributed by atoms with Gasteiger partial charge >= 0.3 is 0 Å². The summed E-state index contributed by atoms with van der Waals surface area (Å²) in [6.07, 6.45) is 0. The molecule has 1 saturated heterocycles. The van der Waals surface area contributed by atoms with E-state index < -0.39 is 0 Å². The van der Waals surface area contributed by atoms with Crippen molar-refractivity contribution in [2.24, 2.45) is 0 Å². The molecule has 0 bridgehead atoms. The summed E-state index contributed by atoms with van der Waals surface area (Å²) in [5, 5.41) is -0.119. The maximum absolute atomic E-state index is 13.1. The van der Waals surface area contributed by atoms with E-state index in [1.165, 1.54) is 12.1 Å². The van der Waals surface area contributed by atoms with E-state index in [9.17, 15) is 9.18 Å². The van der Waals surface area contributed by atoms with Crippen LogP contribution in [0.1, 0.15) is 10.9 Å². The summed E-state index contributed by atoms with van der Waals surface area (Å²) in [5.41, 5.74) is 1.74. The average molecular weight is 303 g/mol. The first kappa shape index (κ1) is 13.9. The van der Waals surface area contributed by atoms with Gasteiger partial charge in [0.2, 0.25) is 5.91 Å². The lowest BCUT2D eigenvalue weighted by molar-refractivity contribution is -0.115. The van der Waals surface area contributed by atoms with Crippen molar-refractivity contribution < 1.29 is 13.9 Å². The fraction of sp³-hybridized carbons (Fsp3) is 0.188. The summed E-state index contributed by atoms with van der Waals surface area (Å²) in [6, 6.07) is 13.7. The molecule has 1 fully saturated rings. The first-order valence-corrected chi connectivity index (χ1v) is 7.57. The predicted octanol–water partition coefficient (Wildman–Crippen LogP) is 3.61. The largest absolute Gasteiger partial charge is 0.497 e. The molecule has 3 rings (SSSR count). The smallest absolute Gasteiger partial charge is 0.238 e. The Kier molecular flexibility index (Phi) is 3.84. The molecule has 1 unspecified atom stereocenters. The molecule has 0 aliphatic carbocycles. The zero-order valence-electron chi connectivity index (χ0n) is 11.5. The lowest BCUT2D eigenvalue weighted by atomic mass is 10.2. The maximum atomic E-state index is 13.1. The van der Waals surface area contributed by atoms with Crippen molar-refractivity contribution in [3.8, 4) is 5.75 Å². The molecule has 0 N–H and O–H groups in total. The number of rotatable bonds is 3. The Labute approximate surface area is 126 Å². The molecule has 0 spiro atoms. The van der Waals surface area contributed by atoms with E-state index in [-0.39, 0.29) is 17.1 Å². The summed E-state index contributed by atoms with van der Waals surface area (Å²) in [5.74, 6) is 0.952. The number of thioether (sulfide) groups is 1. The lowest BCUT2D eigenvalue weighted by Gasteiger charge is -2.24. The first-order valence-electron chi connectivity index (χ1n) is 6.52. The van der Waals surface area contributed by atoms with Gasteiger partial charge in [-0.25, -0.2) is 4.39 Å². The summed E-state index contributed by atoms with van der Waals surface area (Å²) in [6.45, 7) is 0. The summed E-state index contributed by atoms with van der Waals surface area (Å²) >= 11 is 1.55. The van der Waals surface area contributed by atoms with Crippen LogP contribution in [0, 0.1) is 5.82 Å².